The molecule has 1 N–H and O–H groups in total. The summed E-state index contributed by atoms with van der Waals surface area (Å²) >= 11 is 0. The molecule has 0 radical (unpaired) electrons. The highest BCUT2D eigenvalue weighted by atomic mass is 19.4. The highest BCUT2D eigenvalue weighted by Gasteiger charge is 2.43. The molecule has 0 heterocycles. The van der Waals surface area contributed by atoms with Crippen LogP contribution < -0.4 is 0 Å². The highest BCUT2D eigenvalue weighted by molar-refractivity contribution is 5.67. The quantitative estimate of drug-likeness (QED) is 0.755. The van der Waals surface area contributed by atoms with Crippen molar-refractivity contribution in [1.29, 1.82) is 0 Å². The molecule has 1 atom stereocenters. The number of rotatable bonds is 7. The van der Waals surface area contributed by atoms with Crippen molar-refractivity contribution in [3.8, 4) is 0 Å². The molecule has 0 aromatic heterocycles. The number of likely N-dealkylation sites (N-methyl/N-ethyl adjacent to an activating group) is 1. The van der Waals surface area contributed by atoms with Gasteiger partial charge in [-0.25, -0.2) is 0 Å². The van der Waals surface area contributed by atoms with Gasteiger partial charge in [-0.05, 0) is 20.9 Å². The molecule has 0 amide bonds. The Morgan fingerprint density at radius 2 is 1.94 bits per heavy atom. The van der Waals surface area contributed by atoms with Crippen LogP contribution in [0, 0.1) is 0 Å². The third-order valence-electron chi connectivity index (χ3n) is 2.17. The summed E-state index contributed by atoms with van der Waals surface area (Å²) in [5.41, 5.74) is 0. The summed E-state index contributed by atoms with van der Waals surface area (Å²) in [6, 6.07) is -1.98. The van der Waals surface area contributed by atoms with Gasteiger partial charge < -0.3 is 9.84 Å². The number of aliphatic carboxylic acids is 1. The van der Waals surface area contributed by atoms with Gasteiger partial charge in [0, 0.05) is 6.54 Å². The van der Waals surface area contributed by atoms with Crippen LogP contribution in [-0.4, -0.2) is 54.5 Å². The van der Waals surface area contributed by atoms with E-state index in [0.29, 0.717) is 0 Å². The van der Waals surface area contributed by atoms with Crippen molar-refractivity contribution in [3.05, 3.63) is 0 Å². The topological polar surface area (TPSA) is 49.8 Å². The smallest absolute Gasteiger partial charge is 0.404 e. The van der Waals surface area contributed by atoms with Crippen LogP contribution >= 0.6 is 0 Å². The average molecular weight is 257 g/mol. The van der Waals surface area contributed by atoms with E-state index in [1.54, 1.807) is 13.8 Å². The third-order valence-corrected chi connectivity index (χ3v) is 2.17. The molecule has 1 unspecified atom stereocenters. The lowest BCUT2D eigenvalue weighted by molar-refractivity contribution is -0.189. The highest BCUT2D eigenvalue weighted by Crippen LogP contribution is 2.26. The molecule has 0 saturated carbocycles. The number of carboxylic acids is 1. The molecule has 17 heavy (non-hydrogen) atoms. The fourth-order valence-corrected chi connectivity index (χ4v) is 1.28. The second-order valence-electron chi connectivity index (χ2n) is 4.06. The van der Waals surface area contributed by atoms with Gasteiger partial charge in [0.1, 0.15) is 6.04 Å². The molecule has 0 aromatic carbocycles. The van der Waals surface area contributed by atoms with E-state index in [4.69, 9.17) is 9.84 Å². The maximum Gasteiger partial charge on any atom is 0.404 e. The molecule has 0 aromatic rings. The van der Waals surface area contributed by atoms with Crippen LogP contribution in [0.1, 0.15) is 20.3 Å². The summed E-state index contributed by atoms with van der Waals surface area (Å²) in [5.74, 6) is -1.47. The fraction of sp³-hybridized carbons (Fsp3) is 0.900. The van der Waals surface area contributed by atoms with Crippen molar-refractivity contribution in [2.45, 2.75) is 38.6 Å². The minimum Gasteiger partial charge on any atom is -0.481 e. The number of carboxylic acid groups (broad SMARTS) is 1. The molecule has 0 aliphatic heterocycles. The monoisotopic (exact) mass is 257 g/mol. The molecule has 102 valence electrons. The minimum atomic E-state index is -4.55. The second-order valence-corrected chi connectivity index (χ2v) is 4.06. The van der Waals surface area contributed by atoms with Gasteiger partial charge >= 0.3 is 12.1 Å². The number of hydrogen-bond acceptors (Lipinski definition) is 3. The summed E-state index contributed by atoms with van der Waals surface area (Å²) in [7, 11) is 1.24. The summed E-state index contributed by atoms with van der Waals surface area (Å²) in [6.07, 6.45) is -5.57. The van der Waals surface area contributed by atoms with Crippen LogP contribution in [0.5, 0.6) is 0 Å². The van der Waals surface area contributed by atoms with Crippen molar-refractivity contribution < 1.29 is 27.8 Å². The van der Waals surface area contributed by atoms with E-state index < -0.39 is 24.6 Å². The molecule has 0 aliphatic rings. The molecule has 0 spiro atoms. The Balaban J connectivity index is 4.33. The Kier molecular flexibility index (Phi) is 6.48. The van der Waals surface area contributed by atoms with Gasteiger partial charge in [-0.3, -0.25) is 9.69 Å². The van der Waals surface area contributed by atoms with Gasteiger partial charge in [-0.1, -0.05) is 0 Å². The summed E-state index contributed by atoms with van der Waals surface area (Å²) in [6.45, 7) is 3.73. The number of alkyl halides is 3. The average Bonchev–Trinajstić information content (AvgIpc) is 2.11. The zero-order chi connectivity index (χ0) is 13.6. The number of halogens is 3. The summed E-state index contributed by atoms with van der Waals surface area (Å²) < 4.78 is 42.8. The van der Waals surface area contributed by atoms with E-state index in [1.807, 2.05) is 0 Å². The summed E-state index contributed by atoms with van der Waals surface area (Å²) in [5, 5.41) is 8.45. The van der Waals surface area contributed by atoms with Crippen LogP contribution in [0.15, 0.2) is 0 Å². The summed E-state index contributed by atoms with van der Waals surface area (Å²) in [4.78, 5) is 11.3. The van der Waals surface area contributed by atoms with Crippen molar-refractivity contribution >= 4 is 5.97 Å². The lowest BCUT2D eigenvalue weighted by Crippen LogP contribution is -2.46. The standard InChI is InChI=1S/C10H18F3NO3/c1-7(2)17-5-4-14(3)8(6-9(15)16)10(11,12)13/h7-8H,4-6H2,1-3H3,(H,15,16). The van der Waals surface area contributed by atoms with Crippen LogP contribution in [0.3, 0.4) is 0 Å². The van der Waals surface area contributed by atoms with Gasteiger partial charge in [-0.2, -0.15) is 13.2 Å². The number of carbonyl (C=O) groups is 1. The molecular formula is C10H18F3NO3. The maximum absolute atomic E-state index is 12.6. The molecular weight excluding hydrogens is 239 g/mol. The van der Waals surface area contributed by atoms with Gasteiger partial charge in [0.15, 0.2) is 0 Å². The van der Waals surface area contributed by atoms with Crippen molar-refractivity contribution in [1.82, 2.24) is 4.90 Å². The van der Waals surface area contributed by atoms with Crippen LogP contribution in [0.4, 0.5) is 13.2 Å². The molecule has 0 bridgehead atoms. The number of nitrogens with zero attached hydrogens (tertiary/aromatic N) is 1. The van der Waals surface area contributed by atoms with E-state index in [-0.39, 0.29) is 19.3 Å². The number of ether oxygens (including phenoxy) is 1. The van der Waals surface area contributed by atoms with Gasteiger partial charge in [-0.15, -0.1) is 0 Å². The van der Waals surface area contributed by atoms with Gasteiger partial charge in [0.05, 0.1) is 19.1 Å². The lowest BCUT2D eigenvalue weighted by Gasteiger charge is -2.28. The minimum absolute atomic E-state index is 0.0373. The first-order chi connectivity index (χ1) is 7.64. The van der Waals surface area contributed by atoms with E-state index in [2.05, 4.69) is 0 Å². The van der Waals surface area contributed by atoms with Crippen molar-refractivity contribution in [2.24, 2.45) is 0 Å². The van der Waals surface area contributed by atoms with E-state index in [0.717, 1.165) is 4.90 Å². The first-order valence-corrected chi connectivity index (χ1v) is 5.25. The van der Waals surface area contributed by atoms with Crippen LogP contribution in [0.2, 0.25) is 0 Å². The van der Waals surface area contributed by atoms with Gasteiger partial charge in [0.25, 0.3) is 0 Å². The Hall–Kier alpha value is -0.820. The van der Waals surface area contributed by atoms with E-state index in [9.17, 15) is 18.0 Å². The number of hydrogen-bond donors (Lipinski definition) is 1. The predicted octanol–water partition coefficient (Wildman–Crippen LogP) is 1.75. The lowest BCUT2D eigenvalue weighted by atomic mass is 10.2. The molecule has 0 rings (SSSR count). The Labute approximate surface area is 98.3 Å². The zero-order valence-corrected chi connectivity index (χ0v) is 10.1. The van der Waals surface area contributed by atoms with Crippen LogP contribution in [-0.2, 0) is 9.53 Å². The van der Waals surface area contributed by atoms with E-state index in [1.165, 1.54) is 7.05 Å². The van der Waals surface area contributed by atoms with Crippen molar-refractivity contribution in [3.63, 3.8) is 0 Å². The van der Waals surface area contributed by atoms with E-state index >= 15 is 0 Å². The first kappa shape index (κ1) is 16.2. The zero-order valence-electron chi connectivity index (χ0n) is 10.1. The Morgan fingerprint density at radius 3 is 2.29 bits per heavy atom. The molecule has 0 fully saturated rings. The normalized spacial score (nSPS) is 14.4. The predicted molar refractivity (Wildman–Crippen MR) is 55.8 cm³/mol. The largest absolute Gasteiger partial charge is 0.481 e. The van der Waals surface area contributed by atoms with Crippen LogP contribution in [0.25, 0.3) is 0 Å². The maximum atomic E-state index is 12.6. The van der Waals surface area contributed by atoms with Gasteiger partial charge in [0.2, 0.25) is 0 Å². The molecule has 0 aliphatic carbocycles. The molecule has 4 nitrogen and oxygen atoms in total. The van der Waals surface area contributed by atoms with Crippen molar-refractivity contribution in [2.75, 3.05) is 20.2 Å². The first-order valence-electron chi connectivity index (χ1n) is 5.25. The second kappa shape index (κ2) is 6.80. The molecule has 0 saturated heterocycles. The Morgan fingerprint density at radius 1 is 1.41 bits per heavy atom. The molecule has 7 heteroatoms. The fourth-order valence-electron chi connectivity index (χ4n) is 1.28. The third kappa shape index (κ3) is 7.17. The Bertz CT molecular complexity index is 243. The SMILES string of the molecule is CC(C)OCCN(C)C(CC(=O)O)C(F)(F)F.